The lowest BCUT2D eigenvalue weighted by Gasteiger charge is -2.50. The van der Waals surface area contributed by atoms with Crippen LogP contribution in [0, 0.1) is 5.41 Å². The number of hydrogen-bond acceptors (Lipinski definition) is 4. The van der Waals surface area contributed by atoms with Gasteiger partial charge in [0.1, 0.15) is 12.3 Å². The second-order valence-corrected chi connectivity index (χ2v) is 8.99. The van der Waals surface area contributed by atoms with Crippen molar-refractivity contribution >= 4 is 41.4 Å². The lowest BCUT2D eigenvalue weighted by molar-refractivity contribution is -0.164. The maximum atomic E-state index is 13.7. The number of hydrogen-bond donors (Lipinski definition) is 1. The monoisotopic (exact) mass is 462 g/mol. The van der Waals surface area contributed by atoms with Crippen molar-refractivity contribution in [3.05, 3.63) is 63.9 Å². The van der Waals surface area contributed by atoms with Gasteiger partial charge in [-0.2, -0.15) is 0 Å². The Labute approximate surface area is 191 Å². The summed E-state index contributed by atoms with van der Waals surface area (Å²) in [4.78, 5) is 43.1. The minimum absolute atomic E-state index is 0.00375. The summed E-state index contributed by atoms with van der Waals surface area (Å²) in [6.07, 6.45) is 2.76. The van der Waals surface area contributed by atoms with Crippen LogP contribution in [0.4, 0.5) is 0 Å². The Balaban J connectivity index is 2.25. The van der Waals surface area contributed by atoms with Gasteiger partial charge in [0.15, 0.2) is 0 Å². The van der Waals surface area contributed by atoms with E-state index in [1.807, 2.05) is 18.2 Å². The number of piperidine rings is 1. The number of rotatable bonds is 7. The summed E-state index contributed by atoms with van der Waals surface area (Å²) in [6.45, 7) is 3.44. The Bertz CT molecular complexity index is 982. The van der Waals surface area contributed by atoms with Gasteiger partial charge in [-0.05, 0) is 42.7 Å². The fraction of sp³-hybridized carbons (Fsp3) is 0.391. The van der Waals surface area contributed by atoms with Crippen molar-refractivity contribution in [1.29, 1.82) is 0 Å². The van der Waals surface area contributed by atoms with E-state index in [-0.39, 0.29) is 24.7 Å². The molecule has 0 spiro atoms. The van der Waals surface area contributed by atoms with E-state index in [4.69, 9.17) is 23.2 Å². The number of benzene rings is 1. The van der Waals surface area contributed by atoms with Gasteiger partial charge in [0, 0.05) is 23.6 Å². The van der Waals surface area contributed by atoms with Gasteiger partial charge in [0.25, 0.3) is 0 Å². The highest BCUT2D eigenvalue weighted by Crippen LogP contribution is 2.51. The topological polar surface area (TPSA) is 87.6 Å². The van der Waals surface area contributed by atoms with Crippen LogP contribution in [-0.4, -0.2) is 39.2 Å². The highest BCUT2D eigenvalue weighted by Gasteiger charge is 2.52. The van der Waals surface area contributed by atoms with E-state index in [0.29, 0.717) is 28.4 Å². The SMILES string of the molecule is CCC(C(=O)O)N1C(=O)[C@@](C)(CC=O)C[C@H](c2cccc(Cl)c2)[C@H]1c1ccc(Cl)cn1. The van der Waals surface area contributed by atoms with Crippen molar-refractivity contribution in [2.45, 2.75) is 51.1 Å². The van der Waals surface area contributed by atoms with Crippen LogP contribution in [0.25, 0.3) is 0 Å². The van der Waals surface area contributed by atoms with E-state index in [2.05, 4.69) is 4.98 Å². The number of aldehydes is 1. The molecule has 2 aromatic rings. The number of nitrogens with zero attached hydrogens (tertiary/aromatic N) is 2. The van der Waals surface area contributed by atoms with Crippen molar-refractivity contribution in [2.75, 3.05) is 0 Å². The number of carbonyl (C=O) groups excluding carboxylic acids is 2. The molecule has 8 heteroatoms. The molecule has 0 bridgehead atoms. The standard InChI is InChI=1S/C23H24Cl2N2O4/c1-3-19(21(29)30)27-20(18-8-7-16(25)13-26-18)17(14-5-4-6-15(24)11-14)12-23(2,9-10-28)22(27)31/h4-8,10-11,13,17,19-20H,3,9,12H2,1-2H3,(H,29,30)/t17-,19?,20+,23+/m1/s1. The second-order valence-electron chi connectivity index (χ2n) is 8.12. The van der Waals surface area contributed by atoms with Crippen LogP contribution in [0.3, 0.4) is 0 Å². The molecule has 31 heavy (non-hydrogen) atoms. The molecule has 1 saturated heterocycles. The van der Waals surface area contributed by atoms with E-state index in [0.717, 1.165) is 5.56 Å². The lowest BCUT2D eigenvalue weighted by atomic mass is 9.67. The summed E-state index contributed by atoms with van der Waals surface area (Å²) in [6, 6.07) is 8.94. The van der Waals surface area contributed by atoms with Gasteiger partial charge in [-0.3, -0.25) is 9.78 Å². The fourth-order valence-corrected chi connectivity index (χ4v) is 4.76. The molecule has 0 radical (unpaired) electrons. The van der Waals surface area contributed by atoms with Crippen molar-refractivity contribution in [3.8, 4) is 0 Å². The molecule has 1 N–H and O–H groups in total. The zero-order chi connectivity index (χ0) is 22.8. The van der Waals surface area contributed by atoms with E-state index in [9.17, 15) is 19.5 Å². The third-order valence-corrected chi connectivity index (χ3v) is 6.43. The number of aromatic nitrogens is 1. The molecule has 1 unspecified atom stereocenters. The molecule has 1 amide bonds. The molecule has 1 aromatic carbocycles. The smallest absolute Gasteiger partial charge is 0.326 e. The first kappa shape index (κ1) is 23.2. The van der Waals surface area contributed by atoms with Crippen LogP contribution < -0.4 is 0 Å². The molecule has 1 aliphatic heterocycles. The van der Waals surface area contributed by atoms with Gasteiger partial charge < -0.3 is 14.8 Å². The molecule has 1 aliphatic rings. The third kappa shape index (κ3) is 4.60. The molecule has 0 aliphatic carbocycles. The lowest BCUT2D eigenvalue weighted by Crippen LogP contribution is -2.57. The number of pyridine rings is 1. The second kappa shape index (κ2) is 9.37. The van der Waals surface area contributed by atoms with E-state index in [1.54, 1.807) is 32.0 Å². The average molecular weight is 463 g/mol. The Morgan fingerprint density at radius 2 is 2.06 bits per heavy atom. The number of halogens is 2. The van der Waals surface area contributed by atoms with Crippen LogP contribution in [0.2, 0.25) is 10.0 Å². The molecule has 3 rings (SSSR count). The summed E-state index contributed by atoms with van der Waals surface area (Å²) in [5.74, 6) is -1.78. The molecule has 4 atom stereocenters. The predicted molar refractivity (Wildman–Crippen MR) is 118 cm³/mol. The summed E-state index contributed by atoms with van der Waals surface area (Å²) in [5, 5.41) is 10.9. The molecule has 1 aromatic heterocycles. The molecule has 1 fully saturated rings. The maximum Gasteiger partial charge on any atom is 0.326 e. The zero-order valence-electron chi connectivity index (χ0n) is 17.3. The van der Waals surface area contributed by atoms with Crippen LogP contribution in [0.1, 0.15) is 56.3 Å². The minimum Gasteiger partial charge on any atom is -0.480 e. The summed E-state index contributed by atoms with van der Waals surface area (Å²) in [5.41, 5.74) is 0.347. The highest BCUT2D eigenvalue weighted by atomic mass is 35.5. The number of aliphatic carboxylic acids is 1. The van der Waals surface area contributed by atoms with Crippen LogP contribution in [0.15, 0.2) is 42.6 Å². The highest BCUT2D eigenvalue weighted by molar-refractivity contribution is 6.30. The van der Waals surface area contributed by atoms with Crippen molar-refractivity contribution in [1.82, 2.24) is 9.88 Å². The normalized spacial score (nSPS) is 24.6. The van der Waals surface area contributed by atoms with E-state index in [1.165, 1.54) is 11.1 Å². The van der Waals surface area contributed by atoms with E-state index >= 15 is 0 Å². The minimum atomic E-state index is -1.10. The predicted octanol–water partition coefficient (Wildman–Crippen LogP) is 4.90. The summed E-state index contributed by atoms with van der Waals surface area (Å²) < 4.78 is 0. The molecule has 164 valence electrons. The van der Waals surface area contributed by atoms with Gasteiger partial charge >= 0.3 is 5.97 Å². The maximum absolute atomic E-state index is 13.7. The van der Waals surface area contributed by atoms with Crippen LogP contribution in [-0.2, 0) is 14.4 Å². The fourth-order valence-electron chi connectivity index (χ4n) is 4.44. The zero-order valence-corrected chi connectivity index (χ0v) is 18.8. The Morgan fingerprint density at radius 3 is 2.61 bits per heavy atom. The van der Waals surface area contributed by atoms with Gasteiger partial charge in [-0.1, -0.05) is 49.2 Å². The van der Waals surface area contributed by atoms with Crippen molar-refractivity contribution < 1.29 is 19.5 Å². The Hall–Kier alpha value is -2.44. The first-order valence-corrected chi connectivity index (χ1v) is 10.8. The molecule has 6 nitrogen and oxygen atoms in total. The van der Waals surface area contributed by atoms with Crippen molar-refractivity contribution in [3.63, 3.8) is 0 Å². The number of likely N-dealkylation sites (tertiary alicyclic amines) is 1. The Morgan fingerprint density at radius 1 is 1.32 bits per heavy atom. The molecule has 0 saturated carbocycles. The van der Waals surface area contributed by atoms with Gasteiger partial charge in [-0.25, -0.2) is 4.79 Å². The molecular weight excluding hydrogens is 439 g/mol. The van der Waals surface area contributed by atoms with E-state index < -0.39 is 23.5 Å². The first-order chi connectivity index (χ1) is 14.7. The van der Waals surface area contributed by atoms with Crippen molar-refractivity contribution in [2.24, 2.45) is 5.41 Å². The van der Waals surface area contributed by atoms with Crippen LogP contribution in [0.5, 0.6) is 0 Å². The quantitative estimate of drug-likeness (QED) is 0.590. The van der Waals surface area contributed by atoms with Gasteiger partial charge in [0.05, 0.1) is 22.2 Å². The third-order valence-electron chi connectivity index (χ3n) is 5.97. The number of amides is 1. The largest absolute Gasteiger partial charge is 0.480 e. The summed E-state index contributed by atoms with van der Waals surface area (Å²) >= 11 is 12.3. The van der Waals surface area contributed by atoms with Gasteiger partial charge in [0.2, 0.25) is 5.91 Å². The van der Waals surface area contributed by atoms with Crippen LogP contribution >= 0.6 is 23.2 Å². The molecule has 2 heterocycles. The number of carboxylic acid groups (broad SMARTS) is 1. The Kier molecular flexibility index (Phi) is 7.02. The first-order valence-electron chi connectivity index (χ1n) is 10.1. The van der Waals surface area contributed by atoms with Gasteiger partial charge in [-0.15, -0.1) is 0 Å². The summed E-state index contributed by atoms with van der Waals surface area (Å²) in [7, 11) is 0. The number of carboxylic acids is 1. The average Bonchev–Trinajstić information content (AvgIpc) is 2.72. The molecular formula is C23H24Cl2N2O4. The number of carbonyl (C=O) groups is 3.